The average Bonchev–Trinajstić information content (AvgIpc) is 2.75. The predicted octanol–water partition coefficient (Wildman–Crippen LogP) is 3.91. The van der Waals surface area contributed by atoms with Crippen LogP contribution in [-0.2, 0) is 9.59 Å². The zero-order chi connectivity index (χ0) is 22.7. The molecule has 2 heterocycles. The van der Waals surface area contributed by atoms with E-state index in [9.17, 15) is 9.59 Å². The second kappa shape index (κ2) is 9.31. The Morgan fingerprint density at radius 1 is 1.06 bits per heavy atom. The number of benzene rings is 1. The second-order valence-electron chi connectivity index (χ2n) is 7.21. The van der Waals surface area contributed by atoms with Crippen LogP contribution in [0.25, 0.3) is 5.57 Å². The molecule has 2 aliphatic rings. The molecule has 1 aromatic rings. The Hall–Kier alpha value is -3.19. The zero-order valence-corrected chi connectivity index (χ0v) is 19.0. The number of amides is 2. The van der Waals surface area contributed by atoms with Crippen LogP contribution in [0.1, 0.15) is 26.3 Å². The third-order valence-corrected chi connectivity index (χ3v) is 5.78. The molecule has 0 atom stereocenters. The summed E-state index contributed by atoms with van der Waals surface area (Å²) in [5.74, 6) is -0.135. The molecule has 3 rings (SSSR count). The number of anilines is 1. The van der Waals surface area contributed by atoms with E-state index < -0.39 is 11.8 Å². The average molecular weight is 438 g/mol. The molecule has 0 aromatic heterocycles. The summed E-state index contributed by atoms with van der Waals surface area (Å²) in [6, 6.07) is 6.01. The minimum absolute atomic E-state index is 0.0458. The molecule has 31 heavy (non-hydrogen) atoms. The molecule has 1 saturated heterocycles. The summed E-state index contributed by atoms with van der Waals surface area (Å²) in [5.41, 5.74) is 2.81. The molecule has 2 amide bonds. The summed E-state index contributed by atoms with van der Waals surface area (Å²) in [5, 5.41) is 0.139. The summed E-state index contributed by atoms with van der Waals surface area (Å²) in [6.45, 7) is 15.6. The maximum atomic E-state index is 13.2. The van der Waals surface area contributed by atoms with Gasteiger partial charge in [-0.05, 0) is 56.8 Å². The van der Waals surface area contributed by atoms with Crippen molar-refractivity contribution in [3.8, 4) is 5.75 Å². The number of fused-ring (bicyclic) bond motifs is 1. The normalized spacial score (nSPS) is 16.1. The summed E-state index contributed by atoms with van der Waals surface area (Å²) in [7, 11) is 0. The van der Waals surface area contributed by atoms with Crippen molar-refractivity contribution in [3.63, 3.8) is 0 Å². The van der Waals surface area contributed by atoms with Crippen molar-refractivity contribution < 1.29 is 14.3 Å². The zero-order valence-electron chi connectivity index (χ0n) is 18.2. The number of allylic oxidation sites excluding steroid dienone is 2. The predicted molar refractivity (Wildman–Crippen MR) is 128 cm³/mol. The number of thiocarbonyl (C=S) groups is 1. The number of hydrogen-bond acceptors (Lipinski definition) is 5. The molecule has 0 bridgehead atoms. The highest BCUT2D eigenvalue weighted by molar-refractivity contribution is 7.80. The van der Waals surface area contributed by atoms with Gasteiger partial charge in [0, 0.05) is 43.5 Å². The van der Waals surface area contributed by atoms with Gasteiger partial charge in [0.15, 0.2) is 5.11 Å². The van der Waals surface area contributed by atoms with Gasteiger partial charge in [0.05, 0.1) is 0 Å². The molecule has 1 aromatic carbocycles. The third kappa shape index (κ3) is 4.05. The van der Waals surface area contributed by atoms with Crippen LogP contribution in [0.5, 0.6) is 5.75 Å². The van der Waals surface area contributed by atoms with Gasteiger partial charge in [-0.3, -0.25) is 19.4 Å². The summed E-state index contributed by atoms with van der Waals surface area (Å²) in [4.78, 5) is 31.3. The lowest BCUT2D eigenvalue weighted by molar-refractivity contribution is -0.133. The SMILES string of the molecule is C=CCN1C(=O)C(=C2C=C(C)c3ccc(N(CC)CC)cc3O2)C(=O)N(CC=C)C1=S. The molecule has 0 spiro atoms. The van der Waals surface area contributed by atoms with E-state index in [-0.39, 0.29) is 29.5 Å². The van der Waals surface area contributed by atoms with Gasteiger partial charge in [0.25, 0.3) is 11.8 Å². The van der Waals surface area contributed by atoms with Gasteiger partial charge in [-0.25, -0.2) is 0 Å². The highest BCUT2D eigenvalue weighted by Gasteiger charge is 2.41. The maximum Gasteiger partial charge on any atom is 0.269 e. The molecular weight excluding hydrogens is 410 g/mol. The van der Waals surface area contributed by atoms with E-state index in [1.54, 1.807) is 18.2 Å². The molecule has 0 radical (unpaired) electrons. The Bertz CT molecular complexity index is 987. The first-order valence-electron chi connectivity index (χ1n) is 10.3. The molecule has 0 aliphatic carbocycles. The Morgan fingerprint density at radius 3 is 2.16 bits per heavy atom. The largest absolute Gasteiger partial charge is 0.456 e. The molecule has 2 aliphatic heterocycles. The van der Waals surface area contributed by atoms with E-state index in [1.165, 1.54) is 9.80 Å². The minimum atomic E-state index is -0.488. The van der Waals surface area contributed by atoms with Crippen molar-refractivity contribution >= 4 is 40.4 Å². The van der Waals surface area contributed by atoms with E-state index in [0.717, 1.165) is 29.9 Å². The number of ether oxygens (including phenoxy) is 1. The lowest BCUT2D eigenvalue weighted by Gasteiger charge is -2.36. The fourth-order valence-electron chi connectivity index (χ4n) is 3.72. The van der Waals surface area contributed by atoms with Crippen molar-refractivity contribution in [2.75, 3.05) is 31.1 Å². The van der Waals surface area contributed by atoms with Gasteiger partial charge in [0.2, 0.25) is 0 Å². The van der Waals surface area contributed by atoms with Crippen LogP contribution in [-0.4, -0.2) is 52.9 Å². The highest BCUT2D eigenvalue weighted by atomic mass is 32.1. The van der Waals surface area contributed by atoms with Gasteiger partial charge >= 0.3 is 0 Å². The van der Waals surface area contributed by atoms with E-state index >= 15 is 0 Å². The first kappa shape index (κ1) is 22.5. The maximum absolute atomic E-state index is 13.2. The second-order valence-corrected chi connectivity index (χ2v) is 7.58. The molecule has 7 heteroatoms. The van der Waals surface area contributed by atoms with Crippen molar-refractivity contribution in [2.24, 2.45) is 0 Å². The van der Waals surface area contributed by atoms with Gasteiger partial charge < -0.3 is 9.64 Å². The van der Waals surface area contributed by atoms with Crippen LogP contribution in [0.2, 0.25) is 0 Å². The Labute approximate surface area is 188 Å². The van der Waals surface area contributed by atoms with E-state index in [0.29, 0.717) is 5.75 Å². The van der Waals surface area contributed by atoms with Crippen molar-refractivity contribution in [2.45, 2.75) is 20.8 Å². The number of carbonyl (C=O) groups excluding carboxylic acids is 2. The van der Waals surface area contributed by atoms with Crippen LogP contribution in [0.15, 0.2) is 60.9 Å². The molecular formula is C24H27N3O3S. The van der Waals surface area contributed by atoms with Gasteiger partial charge in [0.1, 0.15) is 17.1 Å². The summed E-state index contributed by atoms with van der Waals surface area (Å²) in [6.07, 6.45) is 4.88. The number of carbonyl (C=O) groups is 2. The number of hydrogen-bond donors (Lipinski definition) is 0. The lowest BCUT2D eigenvalue weighted by Crippen LogP contribution is -2.56. The number of nitrogens with zero attached hydrogens (tertiary/aromatic N) is 3. The van der Waals surface area contributed by atoms with Crippen LogP contribution in [0.3, 0.4) is 0 Å². The van der Waals surface area contributed by atoms with Crippen LogP contribution < -0.4 is 9.64 Å². The van der Waals surface area contributed by atoms with Gasteiger partial charge in [-0.1, -0.05) is 12.2 Å². The van der Waals surface area contributed by atoms with E-state index in [4.69, 9.17) is 17.0 Å². The quantitative estimate of drug-likeness (QED) is 0.280. The summed E-state index contributed by atoms with van der Waals surface area (Å²) >= 11 is 5.38. The molecule has 1 fully saturated rings. The Morgan fingerprint density at radius 2 is 1.65 bits per heavy atom. The van der Waals surface area contributed by atoms with Crippen LogP contribution in [0.4, 0.5) is 5.69 Å². The van der Waals surface area contributed by atoms with Gasteiger partial charge in [-0.15, -0.1) is 13.2 Å². The third-order valence-electron chi connectivity index (χ3n) is 5.34. The smallest absolute Gasteiger partial charge is 0.269 e. The fourth-order valence-corrected chi connectivity index (χ4v) is 4.04. The van der Waals surface area contributed by atoms with E-state index in [2.05, 4.69) is 38.0 Å². The molecule has 6 nitrogen and oxygen atoms in total. The van der Waals surface area contributed by atoms with E-state index in [1.807, 2.05) is 19.1 Å². The van der Waals surface area contributed by atoms with Crippen molar-refractivity contribution in [1.82, 2.24) is 9.80 Å². The molecule has 0 N–H and O–H groups in total. The topological polar surface area (TPSA) is 53.1 Å². The molecule has 162 valence electrons. The molecule has 0 saturated carbocycles. The Kier molecular flexibility index (Phi) is 6.75. The minimum Gasteiger partial charge on any atom is -0.456 e. The summed E-state index contributed by atoms with van der Waals surface area (Å²) < 4.78 is 6.14. The van der Waals surface area contributed by atoms with Gasteiger partial charge in [-0.2, -0.15) is 0 Å². The highest BCUT2D eigenvalue weighted by Crippen LogP contribution is 2.38. The van der Waals surface area contributed by atoms with Crippen LogP contribution in [0, 0.1) is 0 Å². The monoisotopic (exact) mass is 437 g/mol. The van der Waals surface area contributed by atoms with Crippen LogP contribution >= 0.6 is 12.2 Å². The number of rotatable bonds is 7. The Balaban J connectivity index is 2.11. The fraction of sp³-hybridized carbons (Fsp3) is 0.292. The van der Waals surface area contributed by atoms with Crippen molar-refractivity contribution in [3.05, 3.63) is 66.5 Å². The van der Waals surface area contributed by atoms with Crippen molar-refractivity contribution in [1.29, 1.82) is 0 Å². The molecule has 0 unspecified atom stereocenters. The lowest BCUT2D eigenvalue weighted by atomic mass is 9.99. The first-order valence-corrected chi connectivity index (χ1v) is 10.7. The first-order chi connectivity index (χ1) is 14.9. The standard InChI is InChI=1S/C24H27N3O3S/c1-6-12-26-22(28)21(23(29)27(13-7-2)24(26)31)20-14-16(5)18-11-10-17(15-19(18)30-20)25(8-3)9-4/h6-7,10-11,14-15H,1-2,8-9,12-13H2,3-5H3.